The lowest BCUT2D eigenvalue weighted by Gasteiger charge is -2.27. The van der Waals surface area contributed by atoms with E-state index in [0.717, 1.165) is 13.0 Å². The van der Waals surface area contributed by atoms with Gasteiger partial charge in [0, 0.05) is 12.6 Å². The van der Waals surface area contributed by atoms with Crippen LogP contribution in [0.3, 0.4) is 0 Å². The molecular weight excluding hydrogens is 254 g/mol. The molecule has 3 rings (SSSR count). The summed E-state index contributed by atoms with van der Waals surface area (Å²) in [6.07, 6.45) is 5.01. The zero-order valence-corrected chi connectivity index (χ0v) is 12.9. The maximum absolute atomic E-state index is 3.74. The summed E-state index contributed by atoms with van der Waals surface area (Å²) in [5, 5.41) is 3.74. The smallest absolute Gasteiger partial charge is 0.00793 e. The van der Waals surface area contributed by atoms with Gasteiger partial charge < -0.3 is 5.32 Å². The molecule has 1 heteroatoms. The van der Waals surface area contributed by atoms with E-state index in [9.17, 15) is 0 Å². The summed E-state index contributed by atoms with van der Waals surface area (Å²) >= 11 is 0. The number of benzene rings is 2. The van der Waals surface area contributed by atoms with Gasteiger partial charge in [-0.25, -0.2) is 0 Å². The molecule has 2 atom stereocenters. The van der Waals surface area contributed by atoms with E-state index >= 15 is 0 Å². The van der Waals surface area contributed by atoms with E-state index in [1.165, 1.54) is 24.8 Å². The van der Waals surface area contributed by atoms with Crippen molar-refractivity contribution in [3.8, 4) is 0 Å². The van der Waals surface area contributed by atoms with Gasteiger partial charge in [0.15, 0.2) is 0 Å². The second-order valence-corrected chi connectivity index (χ2v) is 6.29. The zero-order valence-electron chi connectivity index (χ0n) is 12.9. The molecule has 0 amide bonds. The summed E-state index contributed by atoms with van der Waals surface area (Å²) in [7, 11) is 0. The van der Waals surface area contributed by atoms with Gasteiger partial charge in [-0.05, 0) is 55.2 Å². The molecule has 0 bridgehead atoms. The maximum Gasteiger partial charge on any atom is 0.00793 e. The van der Waals surface area contributed by atoms with Crippen molar-refractivity contribution in [3.05, 3.63) is 71.3 Å². The summed E-state index contributed by atoms with van der Waals surface area (Å²) in [5.41, 5.74) is 4.55. The van der Waals surface area contributed by atoms with Crippen molar-refractivity contribution < 1.29 is 0 Å². The van der Waals surface area contributed by atoms with Crippen molar-refractivity contribution in [1.82, 2.24) is 5.32 Å². The monoisotopic (exact) mass is 279 g/mol. The molecule has 0 aliphatic heterocycles. The van der Waals surface area contributed by atoms with E-state index in [2.05, 4.69) is 66.8 Å². The number of hydrogen-bond donors (Lipinski definition) is 1. The van der Waals surface area contributed by atoms with Crippen molar-refractivity contribution in [2.45, 2.75) is 44.6 Å². The van der Waals surface area contributed by atoms with Gasteiger partial charge in [-0.3, -0.25) is 0 Å². The van der Waals surface area contributed by atoms with Crippen LogP contribution in [0.5, 0.6) is 0 Å². The number of rotatable bonds is 5. The van der Waals surface area contributed by atoms with Crippen LogP contribution < -0.4 is 5.32 Å². The molecule has 0 spiro atoms. The van der Waals surface area contributed by atoms with Crippen LogP contribution in [-0.2, 0) is 12.8 Å². The van der Waals surface area contributed by atoms with Crippen LogP contribution >= 0.6 is 0 Å². The van der Waals surface area contributed by atoms with Crippen LogP contribution in [0.4, 0.5) is 0 Å². The maximum atomic E-state index is 3.74. The predicted molar refractivity (Wildman–Crippen MR) is 89.7 cm³/mol. The first kappa shape index (κ1) is 14.3. The van der Waals surface area contributed by atoms with Crippen molar-refractivity contribution in [3.63, 3.8) is 0 Å². The molecule has 2 aromatic carbocycles. The zero-order chi connectivity index (χ0) is 14.5. The van der Waals surface area contributed by atoms with Gasteiger partial charge in [-0.1, -0.05) is 54.6 Å². The molecule has 2 aromatic rings. The van der Waals surface area contributed by atoms with Crippen LogP contribution in [0.1, 0.15) is 42.4 Å². The van der Waals surface area contributed by atoms with Crippen LogP contribution in [0.2, 0.25) is 0 Å². The molecule has 21 heavy (non-hydrogen) atoms. The average Bonchev–Trinajstić information content (AvgIpc) is 2.54. The average molecular weight is 279 g/mol. The molecule has 0 saturated carbocycles. The molecule has 1 aliphatic rings. The van der Waals surface area contributed by atoms with E-state index < -0.39 is 0 Å². The largest absolute Gasteiger partial charge is 0.313 e. The Balaban J connectivity index is 1.56. The van der Waals surface area contributed by atoms with Gasteiger partial charge in [0.1, 0.15) is 0 Å². The molecule has 1 aliphatic carbocycles. The first-order valence-corrected chi connectivity index (χ1v) is 8.18. The lowest BCUT2D eigenvalue weighted by molar-refractivity contribution is 0.463. The van der Waals surface area contributed by atoms with E-state index in [-0.39, 0.29) is 0 Å². The van der Waals surface area contributed by atoms with Crippen molar-refractivity contribution >= 4 is 0 Å². The Labute approximate surface area is 128 Å². The Hall–Kier alpha value is -1.60. The number of hydrogen-bond acceptors (Lipinski definition) is 1. The molecule has 0 saturated heterocycles. The van der Waals surface area contributed by atoms with Crippen LogP contribution in [0.15, 0.2) is 54.6 Å². The lowest BCUT2D eigenvalue weighted by Crippen LogP contribution is -2.33. The van der Waals surface area contributed by atoms with E-state index in [1.807, 2.05) is 0 Å². The number of nitrogens with one attached hydrogen (secondary N) is 1. The van der Waals surface area contributed by atoms with Crippen LogP contribution in [0.25, 0.3) is 0 Å². The number of aryl methyl sites for hydroxylation is 1. The van der Waals surface area contributed by atoms with Gasteiger partial charge in [0.25, 0.3) is 0 Å². The predicted octanol–water partition coefficient (Wildman–Crippen LogP) is 4.33. The fourth-order valence-corrected chi connectivity index (χ4v) is 3.45. The highest BCUT2D eigenvalue weighted by molar-refractivity contribution is 5.32. The summed E-state index contributed by atoms with van der Waals surface area (Å²) in [6, 6.07) is 20.3. The highest BCUT2D eigenvalue weighted by Gasteiger charge is 2.19. The van der Waals surface area contributed by atoms with Gasteiger partial charge in [-0.2, -0.15) is 0 Å². The highest BCUT2D eigenvalue weighted by Crippen LogP contribution is 2.30. The molecule has 0 fully saturated rings. The molecule has 2 unspecified atom stereocenters. The molecule has 0 heterocycles. The Kier molecular flexibility index (Phi) is 4.72. The summed E-state index contributed by atoms with van der Waals surface area (Å²) in [6.45, 7) is 3.40. The third-order valence-electron chi connectivity index (χ3n) is 4.59. The van der Waals surface area contributed by atoms with Crippen LogP contribution in [0, 0.1) is 0 Å². The van der Waals surface area contributed by atoms with Crippen molar-refractivity contribution in [1.29, 1.82) is 0 Å². The third kappa shape index (κ3) is 3.74. The Bertz CT molecular complexity index is 561. The normalized spacial score (nSPS) is 19.0. The Morgan fingerprint density at radius 1 is 1.05 bits per heavy atom. The minimum absolute atomic E-state index is 0.529. The minimum atomic E-state index is 0.529. The van der Waals surface area contributed by atoms with E-state index in [4.69, 9.17) is 0 Å². The summed E-state index contributed by atoms with van der Waals surface area (Å²) in [5.74, 6) is 0.688. The fraction of sp³-hybridized carbons (Fsp3) is 0.400. The van der Waals surface area contributed by atoms with Crippen LogP contribution in [-0.4, -0.2) is 12.6 Å². The topological polar surface area (TPSA) is 12.0 Å². The quantitative estimate of drug-likeness (QED) is 0.859. The highest BCUT2D eigenvalue weighted by atomic mass is 14.9. The third-order valence-corrected chi connectivity index (χ3v) is 4.59. The molecule has 1 N–H and O–H groups in total. The number of fused-ring (bicyclic) bond motifs is 1. The molecule has 1 nitrogen and oxygen atoms in total. The summed E-state index contributed by atoms with van der Waals surface area (Å²) < 4.78 is 0. The first-order chi connectivity index (χ1) is 10.3. The van der Waals surface area contributed by atoms with E-state index in [1.54, 1.807) is 11.1 Å². The minimum Gasteiger partial charge on any atom is -0.313 e. The molecular formula is C20H25N. The second kappa shape index (κ2) is 6.91. The van der Waals surface area contributed by atoms with Gasteiger partial charge in [-0.15, -0.1) is 0 Å². The van der Waals surface area contributed by atoms with Crippen molar-refractivity contribution in [2.24, 2.45) is 0 Å². The molecule has 0 aromatic heterocycles. The first-order valence-electron chi connectivity index (χ1n) is 8.18. The molecule has 0 radical (unpaired) electrons. The van der Waals surface area contributed by atoms with Crippen molar-refractivity contribution in [2.75, 3.05) is 6.54 Å². The lowest BCUT2D eigenvalue weighted by atomic mass is 9.82. The van der Waals surface area contributed by atoms with E-state index in [0.29, 0.717) is 12.0 Å². The Morgan fingerprint density at radius 3 is 2.67 bits per heavy atom. The Morgan fingerprint density at radius 2 is 1.81 bits per heavy atom. The summed E-state index contributed by atoms with van der Waals surface area (Å²) in [4.78, 5) is 0. The van der Waals surface area contributed by atoms with Gasteiger partial charge in [0.05, 0.1) is 0 Å². The standard InChI is InChI=1S/C20H25N/c1-16(14-17-8-3-2-4-9-17)21-15-19-12-7-11-18-10-5-6-13-20(18)19/h2-6,8-10,13,16,19,21H,7,11-12,14-15H2,1H3. The second-order valence-electron chi connectivity index (χ2n) is 6.29. The molecule has 110 valence electrons. The fourth-order valence-electron chi connectivity index (χ4n) is 3.45. The van der Waals surface area contributed by atoms with Gasteiger partial charge >= 0.3 is 0 Å². The SMILES string of the molecule is CC(Cc1ccccc1)NCC1CCCc2ccccc21. The van der Waals surface area contributed by atoms with Gasteiger partial charge in [0.2, 0.25) is 0 Å².